The third-order valence-electron chi connectivity index (χ3n) is 2.93. The first-order valence-corrected chi connectivity index (χ1v) is 7.79. The van der Waals surface area contributed by atoms with Crippen molar-refractivity contribution in [2.24, 2.45) is 0 Å². The summed E-state index contributed by atoms with van der Waals surface area (Å²) in [5.41, 5.74) is 1.95. The van der Waals surface area contributed by atoms with Crippen molar-refractivity contribution in [2.45, 2.75) is 19.6 Å². The molecule has 0 spiro atoms. The predicted octanol–water partition coefficient (Wildman–Crippen LogP) is 3.56. The summed E-state index contributed by atoms with van der Waals surface area (Å²) >= 11 is 1.81. The van der Waals surface area contributed by atoms with Crippen molar-refractivity contribution in [2.75, 3.05) is 12.3 Å². The third kappa shape index (κ3) is 4.17. The van der Waals surface area contributed by atoms with Crippen LogP contribution in [0, 0.1) is 13.8 Å². The predicted molar refractivity (Wildman–Crippen MR) is 83.1 cm³/mol. The van der Waals surface area contributed by atoms with Crippen LogP contribution < -0.4 is 5.32 Å². The van der Waals surface area contributed by atoms with Crippen LogP contribution in [0.4, 0.5) is 0 Å². The summed E-state index contributed by atoms with van der Waals surface area (Å²) in [5.74, 6) is 3.26. The fourth-order valence-corrected chi connectivity index (χ4v) is 2.77. The summed E-state index contributed by atoms with van der Waals surface area (Å²) in [5, 5.41) is 2.92. The van der Waals surface area contributed by atoms with Crippen molar-refractivity contribution in [3.63, 3.8) is 0 Å². The van der Waals surface area contributed by atoms with E-state index < -0.39 is 0 Å². The second kappa shape index (κ2) is 7.20. The molecule has 0 unspecified atom stereocenters. The molecule has 0 aliphatic carbocycles. The van der Waals surface area contributed by atoms with Gasteiger partial charge in [0.2, 0.25) is 0 Å². The van der Waals surface area contributed by atoms with Gasteiger partial charge in [0.1, 0.15) is 11.5 Å². The number of carbonyl (C=O) groups excluding carboxylic acids is 1. The minimum absolute atomic E-state index is 0.0559. The zero-order valence-electron chi connectivity index (χ0n) is 11.8. The molecule has 2 rings (SSSR count). The first-order chi connectivity index (χ1) is 9.66. The minimum atomic E-state index is -0.0559. The van der Waals surface area contributed by atoms with E-state index in [1.807, 2.05) is 43.8 Å². The second-order valence-electron chi connectivity index (χ2n) is 4.62. The Labute approximate surface area is 123 Å². The van der Waals surface area contributed by atoms with E-state index >= 15 is 0 Å². The normalized spacial score (nSPS) is 10.5. The molecule has 1 amide bonds. The van der Waals surface area contributed by atoms with Gasteiger partial charge in [-0.2, -0.15) is 11.8 Å². The molecule has 0 saturated carbocycles. The van der Waals surface area contributed by atoms with Crippen molar-refractivity contribution in [3.05, 3.63) is 59.0 Å². The molecule has 0 aliphatic heterocycles. The molecule has 1 heterocycles. The maximum Gasteiger partial charge on any atom is 0.254 e. The van der Waals surface area contributed by atoms with Gasteiger partial charge in [-0.05, 0) is 25.5 Å². The summed E-state index contributed by atoms with van der Waals surface area (Å²) in [7, 11) is 0. The third-order valence-corrected chi connectivity index (χ3v) is 3.96. The van der Waals surface area contributed by atoms with Crippen LogP contribution in [0.2, 0.25) is 0 Å². The van der Waals surface area contributed by atoms with E-state index in [0.717, 1.165) is 17.3 Å². The molecule has 2 aromatic rings. The van der Waals surface area contributed by atoms with Gasteiger partial charge in [0.05, 0.1) is 5.56 Å². The van der Waals surface area contributed by atoms with E-state index in [1.165, 1.54) is 5.56 Å². The molecule has 0 radical (unpaired) electrons. The molecule has 1 N–H and O–H groups in total. The fraction of sp³-hybridized carbons (Fsp3) is 0.312. The highest BCUT2D eigenvalue weighted by Gasteiger charge is 2.12. The van der Waals surface area contributed by atoms with Crippen LogP contribution >= 0.6 is 11.8 Å². The number of rotatable bonds is 6. The van der Waals surface area contributed by atoms with Gasteiger partial charge in [0, 0.05) is 18.1 Å². The molecule has 0 fully saturated rings. The van der Waals surface area contributed by atoms with Gasteiger partial charge >= 0.3 is 0 Å². The van der Waals surface area contributed by atoms with E-state index in [4.69, 9.17) is 4.42 Å². The first-order valence-electron chi connectivity index (χ1n) is 6.63. The summed E-state index contributed by atoms with van der Waals surface area (Å²) < 4.78 is 5.35. The van der Waals surface area contributed by atoms with Gasteiger partial charge in [-0.25, -0.2) is 0 Å². The van der Waals surface area contributed by atoms with Crippen LogP contribution in [-0.4, -0.2) is 18.2 Å². The lowest BCUT2D eigenvalue weighted by Gasteiger charge is -2.04. The maximum atomic E-state index is 11.9. The Bertz CT molecular complexity index is 563. The van der Waals surface area contributed by atoms with Crippen LogP contribution in [0.5, 0.6) is 0 Å². The van der Waals surface area contributed by atoms with Crippen LogP contribution in [0.3, 0.4) is 0 Å². The lowest BCUT2D eigenvalue weighted by Crippen LogP contribution is -2.25. The minimum Gasteiger partial charge on any atom is -0.466 e. The number of hydrogen-bond donors (Lipinski definition) is 1. The van der Waals surface area contributed by atoms with E-state index in [2.05, 4.69) is 17.4 Å². The summed E-state index contributed by atoms with van der Waals surface area (Å²) in [6.07, 6.45) is 0. The Hall–Kier alpha value is -1.68. The molecule has 1 aromatic heterocycles. The maximum absolute atomic E-state index is 11.9. The zero-order valence-corrected chi connectivity index (χ0v) is 12.6. The molecular formula is C16H19NO2S. The zero-order chi connectivity index (χ0) is 14.4. The van der Waals surface area contributed by atoms with Crippen LogP contribution in [0.25, 0.3) is 0 Å². The number of nitrogens with one attached hydrogen (secondary N) is 1. The monoisotopic (exact) mass is 289 g/mol. The first kappa shape index (κ1) is 14.7. The van der Waals surface area contributed by atoms with E-state index in [1.54, 1.807) is 6.07 Å². The average Bonchev–Trinajstić information content (AvgIpc) is 2.78. The quantitative estimate of drug-likeness (QED) is 0.827. The fourth-order valence-electron chi connectivity index (χ4n) is 1.95. The largest absolute Gasteiger partial charge is 0.466 e. The number of amides is 1. The van der Waals surface area contributed by atoms with Crippen LogP contribution in [0.1, 0.15) is 27.4 Å². The molecule has 106 valence electrons. The highest BCUT2D eigenvalue weighted by Crippen LogP contribution is 2.14. The van der Waals surface area contributed by atoms with E-state index in [9.17, 15) is 4.79 Å². The lowest BCUT2D eigenvalue weighted by molar-refractivity contribution is 0.0954. The van der Waals surface area contributed by atoms with Gasteiger partial charge in [-0.3, -0.25) is 4.79 Å². The summed E-state index contributed by atoms with van der Waals surface area (Å²) in [4.78, 5) is 11.9. The Kier molecular flexibility index (Phi) is 5.30. The van der Waals surface area contributed by atoms with Crippen molar-refractivity contribution >= 4 is 17.7 Å². The Balaban J connectivity index is 1.68. The van der Waals surface area contributed by atoms with Crippen molar-refractivity contribution < 1.29 is 9.21 Å². The van der Waals surface area contributed by atoms with Crippen LogP contribution in [-0.2, 0) is 5.75 Å². The van der Waals surface area contributed by atoms with Crippen LogP contribution in [0.15, 0.2) is 40.8 Å². The number of benzene rings is 1. The van der Waals surface area contributed by atoms with Gasteiger partial charge in [0.15, 0.2) is 0 Å². The SMILES string of the molecule is Cc1cc(C(=O)NCCSCc2ccccc2)c(C)o1. The van der Waals surface area contributed by atoms with Gasteiger partial charge in [-0.1, -0.05) is 30.3 Å². The number of aryl methyl sites for hydroxylation is 2. The highest BCUT2D eigenvalue weighted by atomic mass is 32.2. The average molecular weight is 289 g/mol. The number of carbonyl (C=O) groups is 1. The highest BCUT2D eigenvalue weighted by molar-refractivity contribution is 7.98. The Morgan fingerprint density at radius 2 is 2.00 bits per heavy atom. The smallest absolute Gasteiger partial charge is 0.254 e. The van der Waals surface area contributed by atoms with Gasteiger partial charge < -0.3 is 9.73 Å². The van der Waals surface area contributed by atoms with Crippen molar-refractivity contribution in [1.82, 2.24) is 5.32 Å². The molecule has 3 nitrogen and oxygen atoms in total. The molecule has 0 saturated heterocycles. The second-order valence-corrected chi connectivity index (χ2v) is 5.73. The number of furan rings is 1. The van der Waals surface area contributed by atoms with Crippen molar-refractivity contribution in [1.29, 1.82) is 0 Å². The molecule has 0 atom stereocenters. The molecule has 0 bridgehead atoms. The topological polar surface area (TPSA) is 42.2 Å². The van der Waals surface area contributed by atoms with E-state index in [-0.39, 0.29) is 5.91 Å². The molecule has 0 aliphatic rings. The molecule has 20 heavy (non-hydrogen) atoms. The number of thioether (sulfide) groups is 1. The Morgan fingerprint density at radius 3 is 2.65 bits per heavy atom. The standard InChI is InChI=1S/C16H19NO2S/c1-12-10-15(13(2)19-12)16(18)17-8-9-20-11-14-6-4-3-5-7-14/h3-7,10H,8-9,11H2,1-2H3,(H,17,18). The summed E-state index contributed by atoms with van der Waals surface area (Å²) in [6, 6.07) is 12.1. The van der Waals surface area contributed by atoms with Gasteiger partial charge in [0.25, 0.3) is 5.91 Å². The number of hydrogen-bond acceptors (Lipinski definition) is 3. The molecule has 4 heteroatoms. The van der Waals surface area contributed by atoms with Gasteiger partial charge in [-0.15, -0.1) is 0 Å². The molecular weight excluding hydrogens is 270 g/mol. The lowest BCUT2D eigenvalue weighted by atomic mass is 10.2. The Morgan fingerprint density at radius 1 is 1.25 bits per heavy atom. The molecule has 1 aromatic carbocycles. The summed E-state index contributed by atoms with van der Waals surface area (Å²) in [6.45, 7) is 4.32. The van der Waals surface area contributed by atoms with E-state index in [0.29, 0.717) is 17.9 Å². The van der Waals surface area contributed by atoms with Crippen molar-refractivity contribution in [3.8, 4) is 0 Å².